The molecule has 0 saturated heterocycles. The smallest absolute Gasteiger partial charge is 0.230 e. The summed E-state index contributed by atoms with van der Waals surface area (Å²) in [4.78, 5) is 24.5. The second kappa shape index (κ2) is 5.62. The van der Waals surface area contributed by atoms with E-state index >= 15 is 0 Å². The van der Waals surface area contributed by atoms with Gasteiger partial charge in [-0.15, -0.1) is 0 Å². The van der Waals surface area contributed by atoms with Gasteiger partial charge in [0, 0.05) is 22.3 Å². The molecule has 3 rings (SSSR count). The summed E-state index contributed by atoms with van der Waals surface area (Å²) in [5.74, 6) is -1.97. The molecular weight excluding hydrogens is 365 g/mol. The molecule has 1 N–H and O–H groups in total. The Bertz CT molecular complexity index is 962. The van der Waals surface area contributed by atoms with Gasteiger partial charge in [-0.25, -0.2) is 4.39 Å². The quantitative estimate of drug-likeness (QED) is 0.684. The summed E-state index contributed by atoms with van der Waals surface area (Å²) in [5.41, 5.74) is 0.489. The van der Waals surface area contributed by atoms with Gasteiger partial charge in [0.05, 0.1) is 11.1 Å². The van der Waals surface area contributed by atoms with E-state index < -0.39 is 23.4 Å². The number of aromatic nitrogens is 1. The van der Waals surface area contributed by atoms with Crippen LogP contribution in [0.25, 0.3) is 10.9 Å². The van der Waals surface area contributed by atoms with Crippen molar-refractivity contribution in [1.82, 2.24) is 4.57 Å². The summed E-state index contributed by atoms with van der Waals surface area (Å²) in [6.07, 6.45) is 0. The van der Waals surface area contributed by atoms with Crippen LogP contribution < -0.4 is 0 Å². The Morgan fingerprint density at radius 2 is 1.91 bits per heavy atom. The third-order valence-corrected chi connectivity index (χ3v) is 4.03. The van der Waals surface area contributed by atoms with Crippen molar-refractivity contribution in [3.05, 3.63) is 63.9 Å². The first kappa shape index (κ1) is 15.4. The molecule has 0 amide bonds. The number of aromatic hydroxyl groups is 1. The Morgan fingerprint density at radius 1 is 1.17 bits per heavy atom. The highest BCUT2D eigenvalue weighted by Crippen LogP contribution is 2.34. The third kappa shape index (κ3) is 2.55. The Kier molecular flexibility index (Phi) is 3.77. The lowest BCUT2D eigenvalue weighted by Gasteiger charge is -2.02. The Labute approximate surface area is 139 Å². The van der Waals surface area contributed by atoms with Crippen molar-refractivity contribution in [2.75, 3.05) is 0 Å². The van der Waals surface area contributed by atoms with E-state index in [1.165, 1.54) is 25.1 Å². The monoisotopic (exact) mass is 375 g/mol. The van der Waals surface area contributed by atoms with Gasteiger partial charge in [0.2, 0.25) is 11.8 Å². The number of fused-ring (bicyclic) bond motifs is 1. The second-order valence-corrected chi connectivity index (χ2v) is 5.97. The fourth-order valence-electron chi connectivity index (χ4n) is 2.57. The minimum Gasteiger partial charge on any atom is -0.494 e. The van der Waals surface area contributed by atoms with E-state index in [0.29, 0.717) is 15.4 Å². The largest absolute Gasteiger partial charge is 0.494 e. The number of rotatable bonds is 2. The maximum atomic E-state index is 13.4. The van der Waals surface area contributed by atoms with Gasteiger partial charge in [0.1, 0.15) is 5.82 Å². The topological polar surface area (TPSA) is 59.3 Å². The normalized spacial score (nSPS) is 10.9. The molecule has 0 bridgehead atoms. The van der Waals surface area contributed by atoms with Crippen LogP contribution in [-0.2, 0) is 0 Å². The molecule has 2 aromatic carbocycles. The minimum atomic E-state index is -0.551. The van der Waals surface area contributed by atoms with E-state index in [1.54, 1.807) is 18.2 Å². The van der Waals surface area contributed by atoms with Crippen LogP contribution in [0.4, 0.5) is 4.39 Å². The van der Waals surface area contributed by atoms with E-state index in [1.807, 2.05) is 0 Å². The van der Waals surface area contributed by atoms with Crippen molar-refractivity contribution in [2.45, 2.75) is 6.92 Å². The van der Waals surface area contributed by atoms with Gasteiger partial charge in [0.15, 0.2) is 5.78 Å². The Morgan fingerprint density at radius 3 is 2.57 bits per heavy atom. The van der Waals surface area contributed by atoms with Gasteiger partial charge >= 0.3 is 0 Å². The molecule has 1 aromatic heterocycles. The number of halogens is 2. The average Bonchev–Trinajstić information content (AvgIpc) is 2.77. The molecule has 23 heavy (non-hydrogen) atoms. The predicted octanol–water partition coefficient (Wildman–Crippen LogP) is 4.14. The summed E-state index contributed by atoms with van der Waals surface area (Å²) in [7, 11) is 0. The van der Waals surface area contributed by atoms with Gasteiger partial charge < -0.3 is 5.11 Å². The van der Waals surface area contributed by atoms with E-state index in [2.05, 4.69) is 15.9 Å². The van der Waals surface area contributed by atoms with Crippen molar-refractivity contribution in [2.24, 2.45) is 0 Å². The maximum Gasteiger partial charge on any atom is 0.230 e. The summed E-state index contributed by atoms with van der Waals surface area (Å²) < 4.78 is 15.1. The fraction of sp³-hybridized carbons (Fsp3) is 0.0588. The SMILES string of the molecule is CC(=O)n1c(O)c(C(=O)c2cccc(F)c2)c2cc(Br)ccc21. The van der Waals surface area contributed by atoms with Crippen molar-refractivity contribution in [3.8, 4) is 5.88 Å². The molecule has 0 unspecified atom stereocenters. The third-order valence-electron chi connectivity index (χ3n) is 3.53. The zero-order valence-electron chi connectivity index (χ0n) is 12.0. The van der Waals surface area contributed by atoms with Gasteiger partial charge in [0.25, 0.3) is 0 Å². The number of hydrogen-bond acceptors (Lipinski definition) is 3. The number of nitrogens with zero attached hydrogens (tertiary/aromatic N) is 1. The first-order valence-corrected chi connectivity index (χ1v) is 7.53. The summed E-state index contributed by atoms with van der Waals surface area (Å²) in [6, 6.07) is 10.2. The van der Waals surface area contributed by atoms with Crippen LogP contribution in [0, 0.1) is 5.82 Å². The molecule has 116 valence electrons. The molecule has 0 saturated carbocycles. The molecule has 0 radical (unpaired) electrons. The van der Waals surface area contributed by atoms with Crippen molar-refractivity contribution >= 4 is 38.5 Å². The molecule has 0 fully saturated rings. The molecule has 0 aliphatic rings. The molecular formula is C17H11BrFNO3. The molecule has 4 nitrogen and oxygen atoms in total. The maximum absolute atomic E-state index is 13.4. The predicted molar refractivity (Wildman–Crippen MR) is 87.4 cm³/mol. The fourth-order valence-corrected chi connectivity index (χ4v) is 2.93. The standard InChI is InChI=1S/C17H11BrFNO3/c1-9(21)20-14-6-5-11(18)8-13(14)15(17(20)23)16(22)10-3-2-4-12(19)7-10/h2-8,23H,1H3. The number of benzene rings is 2. The molecule has 0 aliphatic heterocycles. The van der Waals surface area contributed by atoms with Crippen molar-refractivity contribution < 1.29 is 19.1 Å². The minimum absolute atomic E-state index is 0.0258. The molecule has 3 aromatic rings. The highest BCUT2D eigenvalue weighted by atomic mass is 79.9. The van der Waals surface area contributed by atoms with E-state index in [9.17, 15) is 19.1 Å². The van der Waals surface area contributed by atoms with Crippen LogP contribution in [0.15, 0.2) is 46.9 Å². The average molecular weight is 376 g/mol. The number of hydrogen-bond donors (Lipinski definition) is 1. The molecule has 0 atom stereocenters. The number of carbonyl (C=O) groups is 2. The summed E-state index contributed by atoms with van der Waals surface area (Å²) in [5, 5.41) is 10.8. The van der Waals surface area contributed by atoms with Crippen LogP contribution in [0.5, 0.6) is 5.88 Å². The second-order valence-electron chi connectivity index (χ2n) is 5.05. The van der Waals surface area contributed by atoms with Gasteiger partial charge in [-0.3, -0.25) is 14.2 Å². The van der Waals surface area contributed by atoms with Gasteiger partial charge in [-0.2, -0.15) is 0 Å². The molecule has 0 spiro atoms. The Hall–Kier alpha value is -2.47. The van der Waals surface area contributed by atoms with E-state index in [-0.39, 0.29) is 11.1 Å². The van der Waals surface area contributed by atoms with E-state index in [0.717, 1.165) is 10.6 Å². The highest BCUT2D eigenvalue weighted by molar-refractivity contribution is 9.10. The van der Waals surface area contributed by atoms with E-state index in [4.69, 9.17) is 0 Å². The van der Waals surface area contributed by atoms with Gasteiger partial charge in [-0.05, 0) is 30.3 Å². The highest BCUT2D eigenvalue weighted by Gasteiger charge is 2.25. The summed E-state index contributed by atoms with van der Waals surface area (Å²) in [6.45, 7) is 1.29. The lowest BCUT2D eigenvalue weighted by atomic mass is 10.0. The van der Waals surface area contributed by atoms with Crippen molar-refractivity contribution in [1.29, 1.82) is 0 Å². The van der Waals surface area contributed by atoms with Crippen LogP contribution >= 0.6 is 15.9 Å². The molecule has 0 aliphatic carbocycles. The number of ketones is 1. The zero-order chi connectivity index (χ0) is 16.7. The molecule has 6 heteroatoms. The first-order chi connectivity index (χ1) is 10.9. The lowest BCUT2D eigenvalue weighted by Crippen LogP contribution is -2.06. The van der Waals surface area contributed by atoms with Crippen LogP contribution in [0.1, 0.15) is 27.6 Å². The lowest BCUT2D eigenvalue weighted by molar-refractivity contribution is 0.0933. The van der Waals surface area contributed by atoms with Crippen molar-refractivity contribution in [3.63, 3.8) is 0 Å². The first-order valence-electron chi connectivity index (χ1n) is 6.74. The van der Waals surface area contributed by atoms with Crippen LogP contribution in [0.3, 0.4) is 0 Å². The molecule has 1 heterocycles. The van der Waals surface area contributed by atoms with Crippen LogP contribution in [0.2, 0.25) is 0 Å². The number of carbonyl (C=O) groups excluding carboxylic acids is 2. The zero-order valence-corrected chi connectivity index (χ0v) is 13.6. The Balaban J connectivity index is 2.32. The summed E-state index contributed by atoms with van der Waals surface area (Å²) >= 11 is 3.31. The van der Waals surface area contributed by atoms with Gasteiger partial charge in [-0.1, -0.05) is 28.1 Å². The van der Waals surface area contributed by atoms with Crippen LogP contribution in [-0.4, -0.2) is 21.4 Å².